The number of nitrogens with zero attached hydrogens (tertiary/aromatic N) is 2. The molecule has 1 aliphatic heterocycles. The summed E-state index contributed by atoms with van der Waals surface area (Å²) in [6, 6.07) is 13.2. The Morgan fingerprint density at radius 1 is 1.26 bits per heavy atom. The molecule has 1 aliphatic rings. The van der Waals surface area contributed by atoms with Crippen molar-refractivity contribution < 1.29 is 0 Å². The number of fused-ring (bicyclic) bond motifs is 1. The Labute approximate surface area is 114 Å². The van der Waals surface area contributed by atoms with Gasteiger partial charge in [0.1, 0.15) is 0 Å². The van der Waals surface area contributed by atoms with Gasteiger partial charge in [0.2, 0.25) is 0 Å². The summed E-state index contributed by atoms with van der Waals surface area (Å²) in [7, 11) is 0. The highest BCUT2D eigenvalue weighted by atomic mass is 15.2. The number of pyridine rings is 1. The zero-order chi connectivity index (χ0) is 13.2. The van der Waals surface area contributed by atoms with E-state index in [1.54, 1.807) is 6.20 Å². The lowest BCUT2D eigenvalue weighted by atomic mass is 10.1. The highest BCUT2D eigenvalue weighted by Crippen LogP contribution is 2.31. The zero-order valence-electron chi connectivity index (χ0n) is 11.2. The largest absolute Gasteiger partial charge is 0.397 e. The molecule has 3 heteroatoms. The van der Waals surface area contributed by atoms with E-state index in [-0.39, 0.29) is 0 Å². The predicted octanol–water partition coefficient (Wildman–Crippen LogP) is 2.66. The fraction of sp³-hybridized carbons (Fsp3) is 0.312. The van der Waals surface area contributed by atoms with Crippen molar-refractivity contribution in [1.82, 2.24) is 4.98 Å². The Kier molecular flexibility index (Phi) is 3.11. The molecule has 1 aromatic carbocycles. The minimum Gasteiger partial charge on any atom is -0.397 e. The molecule has 2 heterocycles. The summed E-state index contributed by atoms with van der Waals surface area (Å²) in [5, 5.41) is 0. The molecule has 3 nitrogen and oxygen atoms in total. The van der Waals surface area contributed by atoms with Crippen LogP contribution in [0.5, 0.6) is 0 Å². The molecule has 1 atom stereocenters. The van der Waals surface area contributed by atoms with Crippen LogP contribution in [0.3, 0.4) is 0 Å². The van der Waals surface area contributed by atoms with Gasteiger partial charge in [-0.2, -0.15) is 0 Å². The SMILES string of the molecule is CC1Cc2ccccc2N1CCc1ccc(N)cn1. The number of para-hydroxylation sites is 1. The number of hydrogen-bond acceptors (Lipinski definition) is 3. The monoisotopic (exact) mass is 253 g/mol. The summed E-state index contributed by atoms with van der Waals surface area (Å²) in [6.45, 7) is 3.30. The van der Waals surface area contributed by atoms with Gasteiger partial charge >= 0.3 is 0 Å². The number of nitrogens with two attached hydrogens (primary N) is 1. The number of hydrogen-bond donors (Lipinski definition) is 1. The molecule has 0 bridgehead atoms. The maximum absolute atomic E-state index is 5.66. The van der Waals surface area contributed by atoms with Crippen molar-refractivity contribution in [3.8, 4) is 0 Å². The van der Waals surface area contributed by atoms with Gasteiger partial charge in [-0.3, -0.25) is 4.98 Å². The van der Waals surface area contributed by atoms with E-state index >= 15 is 0 Å². The number of benzene rings is 1. The van der Waals surface area contributed by atoms with Crippen LogP contribution in [0, 0.1) is 0 Å². The standard InChI is InChI=1S/C16H19N3/c1-12-10-13-4-2-3-5-16(13)19(12)9-8-15-7-6-14(17)11-18-15/h2-7,11-12H,8-10,17H2,1H3. The smallest absolute Gasteiger partial charge is 0.0501 e. The molecule has 2 aromatic rings. The Bertz CT molecular complexity index is 562. The molecule has 0 aliphatic carbocycles. The lowest BCUT2D eigenvalue weighted by Crippen LogP contribution is -2.31. The van der Waals surface area contributed by atoms with Crippen LogP contribution in [0.25, 0.3) is 0 Å². The van der Waals surface area contributed by atoms with Crippen LogP contribution >= 0.6 is 0 Å². The number of aromatic nitrogens is 1. The van der Waals surface area contributed by atoms with Crippen molar-refractivity contribution in [1.29, 1.82) is 0 Å². The van der Waals surface area contributed by atoms with Crippen LogP contribution in [0.15, 0.2) is 42.6 Å². The van der Waals surface area contributed by atoms with E-state index in [1.165, 1.54) is 11.3 Å². The van der Waals surface area contributed by atoms with E-state index in [0.717, 1.165) is 30.8 Å². The van der Waals surface area contributed by atoms with Crippen LogP contribution in [-0.4, -0.2) is 17.6 Å². The van der Waals surface area contributed by atoms with Crippen molar-refractivity contribution >= 4 is 11.4 Å². The van der Waals surface area contributed by atoms with Gasteiger partial charge in [0.05, 0.1) is 11.9 Å². The van der Waals surface area contributed by atoms with Gasteiger partial charge in [-0.05, 0) is 37.1 Å². The van der Waals surface area contributed by atoms with Crippen molar-refractivity contribution in [2.75, 3.05) is 17.2 Å². The van der Waals surface area contributed by atoms with Gasteiger partial charge in [-0.25, -0.2) is 0 Å². The van der Waals surface area contributed by atoms with Crippen LogP contribution in [0.1, 0.15) is 18.2 Å². The van der Waals surface area contributed by atoms with Gasteiger partial charge < -0.3 is 10.6 Å². The molecule has 0 fully saturated rings. The highest BCUT2D eigenvalue weighted by Gasteiger charge is 2.24. The minimum atomic E-state index is 0.575. The molecule has 3 rings (SSSR count). The third-order valence-electron chi connectivity index (χ3n) is 3.80. The van der Waals surface area contributed by atoms with E-state index in [2.05, 4.69) is 41.1 Å². The minimum absolute atomic E-state index is 0.575. The second-order valence-electron chi connectivity index (χ2n) is 5.21. The summed E-state index contributed by atoms with van der Waals surface area (Å²) >= 11 is 0. The predicted molar refractivity (Wildman–Crippen MR) is 79.3 cm³/mol. The van der Waals surface area contributed by atoms with Crippen molar-refractivity contribution in [3.63, 3.8) is 0 Å². The Hall–Kier alpha value is -2.03. The van der Waals surface area contributed by atoms with Crippen LogP contribution in [0.2, 0.25) is 0 Å². The summed E-state index contributed by atoms with van der Waals surface area (Å²) in [4.78, 5) is 6.85. The average molecular weight is 253 g/mol. The van der Waals surface area contributed by atoms with Crippen LogP contribution in [-0.2, 0) is 12.8 Å². The second kappa shape index (κ2) is 4.92. The van der Waals surface area contributed by atoms with Gasteiger partial charge in [-0.1, -0.05) is 18.2 Å². The maximum atomic E-state index is 5.66. The van der Waals surface area contributed by atoms with E-state index in [0.29, 0.717) is 6.04 Å². The number of anilines is 2. The normalized spacial score (nSPS) is 17.5. The third kappa shape index (κ3) is 2.41. The van der Waals surface area contributed by atoms with E-state index in [1.807, 2.05) is 12.1 Å². The number of nitrogen functional groups attached to an aromatic ring is 1. The third-order valence-corrected chi connectivity index (χ3v) is 3.80. The maximum Gasteiger partial charge on any atom is 0.0501 e. The molecule has 0 radical (unpaired) electrons. The quantitative estimate of drug-likeness (QED) is 0.914. The molecule has 1 aromatic heterocycles. The van der Waals surface area contributed by atoms with Crippen LogP contribution in [0.4, 0.5) is 11.4 Å². The zero-order valence-corrected chi connectivity index (χ0v) is 11.2. The molecule has 0 amide bonds. The summed E-state index contributed by atoms with van der Waals surface area (Å²) in [5.41, 5.74) is 10.3. The summed E-state index contributed by atoms with van der Waals surface area (Å²) in [6.07, 6.45) is 3.83. The van der Waals surface area contributed by atoms with Gasteiger partial charge in [0, 0.05) is 30.4 Å². The lowest BCUT2D eigenvalue weighted by molar-refractivity contribution is 0.666. The molecular formula is C16H19N3. The second-order valence-corrected chi connectivity index (χ2v) is 5.21. The Morgan fingerprint density at radius 3 is 2.89 bits per heavy atom. The topological polar surface area (TPSA) is 42.1 Å². The van der Waals surface area contributed by atoms with Gasteiger partial charge in [0.25, 0.3) is 0 Å². The Balaban J connectivity index is 1.72. The molecule has 0 saturated heterocycles. The van der Waals surface area contributed by atoms with Crippen molar-refractivity contribution in [2.45, 2.75) is 25.8 Å². The molecule has 98 valence electrons. The molecule has 2 N–H and O–H groups in total. The van der Waals surface area contributed by atoms with Crippen molar-refractivity contribution in [2.24, 2.45) is 0 Å². The molecular weight excluding hydrogens is 234 g/mol. The average Bonchev–Trinajstić information content (AvgIpc) is 2.74. The molecule has 0 spiro atoms. The van der Waals surface area contributed by atoms with E-state index < -0.39 is 0 Å². The van der Waals surface area contributed by atoms with E-state index in [4.69, 9.17) is 5.73 Å². The Morgan fingerprint density at radius 2 is 2.11 bits per heavy atom. The lowest BCUT2D eigenvalue weighted by Gasteiger charge is -2.24. The van der Waals surface area contributed by atoms with Gasteiger partial charge in [-0.15, -0.1) is 0 Å². The van der Waals surface area contributed by atoms with Crippen LogP contribution < -0.4 is 10.6 Å². The molecule has 19 heavy (non-hydrogen) atoms. The summed E-state index contributed by atoms with van der Waals surface area (Å²) in [5.74, 6) is 0. The molecule has 1 unspecified atom stereocenters. The fourth-order valence-corrected chi connectivity index (χ4v) is 2.79. The highest BCUT2D eigenvalue weighted by molar-refractivity contribution is 5.59. The van der Waals surface area contributed by atoms with Gasteiger partial charge in [0.15, 0.2) is 0 Å². The first-order valence-corrected chi connectivity index (χ1v) is 6.79. The van der Waals surface area contributed by atoms with Crippen molar-refractivity contribution in [3.05, 3.63) is 53.9 Å². The first-order valence-electron chi connectivity index (χ1n) is 6.79. The first-order chi connectivity index (χ1) is 9.24. The fourth-order valence-electron chi connectivity index (χ4n) is 2.79. The number of rotatable bonds is 3. The summed E-state index contributed by atoms with van der Waals surface area (Å²) < 4.78 is 0. The van der Waals surface area contributed by atoms with E-state index in [9.17, 15) is 0 Å². The first kappa shape index (κ1) is 12.0. The molecule has 0 saturated carbocycles.